The molecule has 20 heavy (non-hydrogen) atoms. The highest BCUT2D eigenvalue weighted by atomic mass is 19.4. The number of alkyl halides is 3. The van der Waals surface area contributed by atoms with Crippen LogP contribution in [0.3, 0.4) is 0 Å². The molecule has 1 amide bonds. The van der Waals surface area contributed by atoms with Gasteiger partial charge in [0.05, 0.1) is 5.56 Å². The van der Waals surface area contributed by atoms with Gasteiger partial charge in [0, 0.05) is 19.0 Å². The molecule has 0 aliphatic rings. The number of nitrogens with one attached hydrogen (secondary N) is 1. The molecule has 0 radical (unpaired) electrons. The van der Waals surface area contributed by atoms with Crippen LogP contribution in [0.5, 0.6) is 0 Å². The quantitative estimate of drug-likeness (QED) is 0.667. The van der Waals surface area contributed by atoms with Gasteiger partial charge in [0.2, 0.25) is 5.91 Å². The van der Waals surface area contributed by atoms with Crippen molar-refractivity contribution < 1.29 is 22.8 Å². The van der Waals surface area contributed by atoms with E-state index < -0.39 is 11.7 Å². The second kappa shape index (κ2) is 6.88. The summed E-state index contributed by atoms with van der Waals surface area (Å²) in [5, 5.41) is 2.58. The first-order chi connectivity index (χ1) is 9.34. The zero-order valence-electron chi connectivity index (χ0n) is 10.8. The summed E-state index contributed by atoms with van der Waals surface area (Å²) in [6, 6.07) is 3.00. The molecule has 108 valence electrons. The second-order valence-corrected chi connectivity index (χ2v) is 4.13. The van der Waals surface area contributed by atoms with Crippen LogP contribution in [0.4, 0.5) is 13.2 Å². The highest BCUT2D eigenvalue weighted by molar-refractivity contribution is 5.82. The third kappa shape index (κ3) is 4.87. The van der Waals surface area contributed by atoms with Gasteiger partial charge in [-0.2, -0.15) is 13.2 Å². The third-order valence-corrected chi connectivity index (χ3v) is 2.52. The Morgan fingerprint density at radius 1 is 1.30 bits per heavy atom. The van der Waals surface area contributed by atoms with Crippen molar-refractivity contribution in [3.05, 3.63) is 41.0 Å². The van der Waals surface area contributed by atoms with E-state index in [1.807, 2.05) is 0 Å². The fourth-order valence-electron chi connectivity index (χ4n) is 1.55. The van der Waals surface area contributed by atoms with E-state index in [1.54, 1.807) is 12.2 Å². The summed E-state index contributed by atoms with van der Waals surface area (Å²) < 4.78 is 37.5. The smallest absolute Gasteiger partial charge is 0.356 e. The molecule has 0 heterocycles. The lowest BCUT2D eigenvalue weighted by Crippen LogP contribution is -2.20. The second-order valence-electron chi connectivity index (χ2n) is 4.13. The predicted molar refractivity (Wildman–Crippen MR) is 69.2 cm³/mol. The van der Waals surface area contributed by atoms with E-state index in [2.05, 4.69) is 5.32 Å². The number of benzene rings is 1. The normalized spacial score (nSPS) is 11.6. The molecule has 0 saturated carbocycles. The van der Waals surface area contributed by atoms with Crippen molar-refractivity contribution in [1.82, 2.24) is 5.32 Å². The van der Waals surface area contributed by atoms with Crippen molar-refractivity contribution in [2.75, 3.05) is 6.54 Å². The van der Waals surface area contributed by atoms with Crippen molar-refractivity contribution in [1.29, 1.82) is 0 Å². The molecular weight excluding hydrogens is 271 g/mol. The standard InChI is InChI=1S/C14H14F3NO2/c1-10(20)18-7-3-2-4-11-5-6-13(14(15,16)17)8-12(11)9-19/h2,4-6,8-9H,3,7H2,1H3,(H,18,20). The van der Waals surface area contributed by atoms with E-state index in [4.69, 9.17) is 0 Å². The molecule has 0 bridgehead atoms. The zero-order chi connectivity index (χ0) is 15.2. The molecule has 0 saturated heterocycles. The minimum Gasteiger partial charge on any atom is -0.356 e. The van der Waals surface area contributed by atoms with Gasteiger partial charge in [-0.25, -0.2) is 0 Å². The highest BCUT2D eigenvalue weighted by Crippen LogP contribution is 2.30. The molecular formula is C14H14F3NO2. The van der Waals surface area contributed by atoms with Gasteiger partial charge in [0.1, 0.15) is 0 Å². The minimum absolute atomic E-state index is 0.0180. The number of hydrogen-bond acceptors (Lipinski definition) is 2. The third-order valence-electron chi connectivity index (χ3n) is 2.52. The lowest BCUT2D eigenvalue weighted by atomic mass is 10.0. The van der Waals surface area contributed by atoms with Crippen LogP contribution in [0.15, 0.2) is 24.3 Å². The first-order valence-corrected chi connectivity index (χ1v) is 5.92. The van der Waals surface area contributed by atoms with Crippen LogP contribution in [0.2, 0.25) is 0 Å². The van der Waals surface area contributed by atoms with Crippen molar-refractivity contribution in [2.24, 2.45) is 0 Å². The Bertz CT molecular complexity index is 522. The van der Waals surface area contributed by atoms with Gasteiger partial charge in [-0.15, -0.1) is 0 Å². The first-order valence-electron chi connectivity index (χ1n) is 5.92. The van der Waals surface area contributed by atoms with Crippen LogP contribution in [0.25, 0.3) is 6.08 Å². The molecule has 0 atom stereocenters. The Labute approximate surface area is 114 Å². The average Bonchev–Trinajstić information content (AvgIpc) is 2.36. The summed E-state index contributed by atoms with van der Waals surface area (Å²) in [7, 11) is 0. The largest absolute Gasteiger partial charge is 0.416 e. The van der Waals surface area contributed by atoms with E-state index in [9.17, 15) is 22.8 Å². The summed E-state index contributed by atoms with van der Waals surface area (Å²) >= 11 is 0. The summed E-state index contributed by atoms with van der Waals surface area (Å²) in [6.07, 6.45) is -0.301. The SMILES string of the molecule is CC(=O)NCCC=Cc1ccc(C(F)(F)F)cc1C=O. The summed E-state index contributed by atoms with van der Waals surface area (Å²) in [5.74, 6) is -0.151. The van der Waals surface area contributed by atoms with Gasteiger partial charge in [0.15, 0.2) is 6.29 Å². The van der Waals surface area contributed by atoms with Gasteiger partial charge in [-0.1, -0.05) is 18.2 Å². The van der Waals surface area contributed by atoms with Crippen LogP contribution in [0, 0.1) is 0 Å². The summed E-state index contributed by atoms with van der Waals surface area (Å²) in [4.78, 5) is 21.4. The summed E-state index contributed by atoms with van der Waals surface area (Å²) in [5.41, 5.74) is -0.457. The minimum atomic E-state index is -4.47. The Kier molecular flexibility index (Phi) is 5.49. The zero-order valence-corrected chi connectivity index (χ0v) is 10.8. The molecule has 1 aromatic carbocycles. The number of rotatable bonds is 5. The predicted octanol–water partition coefficient (Wildman–Crippen LogP) is 3.06. The van der Waals surface area contributed by atoms with Crippen molar-refractivity contribution in [3.63, 3.8) is 0 Å². The number of carbonyl (C=O) groups excluding carboxylic acids is 2. The van der Waals surface area contributed by atoms with E-state index >= 15 is 0 Å². The molecule has 1 rings (SSSR count). The Morgan fingerprint density at radius 3 is 2.55 bits per heavy atom. The van der Waals surface area contributed by atoms with Crippen LogP contribution in [0.1, 0.15) is 34.8 Å². The molecule has 0 aliphatic carbocycles. The number of aldehydes is 1. The molecule has 0 aliphatic heterocycles. The lowest BCUT2D eigenvalue weighted by molar-refractivity contribution is -0.137. The number of halogens is 3. The van der Waals surface area contributed by atoms with Gasteiger partial charge in [-0.05, 0) is 24.1 Å². The van der Waals surface area contributed by atoms with Gasteiger partial charge in [0.25, 0.3) is 0 Å². The molecule has 1 N–H and O–H groups in total. The maximum Gasteiger partial charge on any atom is 0.416 e. The van der Waals surface area contributed by atoms with E-state index in [-0.39, 0.29) is 11.5 Å². The lowest BCUT2D eigenvalue weighted by Gasteiger charge is -2.08. The van der Waals surface area contributed by atoms with Crippen LogP contribution in [-0.2, 0) is 11.0 Å². The average molecular weight is 285 g/mol. The van der Waals surface area contributed by atoms with Crippen molar-refractivity contribution >= 4 is 18.3 Å². The van der Waals surface area contributed by atoms with Crippen LogP contribution in [-0.4, -0.2) is 18.7 Å². The molecule has 6 heteroatoms. The molecule has 1 aromatic rings. The van der Waals surface area contributed by atoms with E-state index in [1.165, 1.54) is 13.0 Å². The maximum atomic E-state index is 12.5. The Morgan fingerprint density at radius 2 is 2.00 bits per heavy atom. The Hall–Kier alpha value is -2.11. The highest BCUT2D eigenvalue weighted by Gasteiger charge is 2.30. The monoisotopic (exact) mass is 285 g/mol. The van der Waals surface area contributed by atoms with Gasteiger partial charge >= 0.3 is 6.18 Å². The van der Waals surface area contributed by atoms with Gasteiger partial charge in [-0.3, -0.25) is 9.59 Å². The van der Waals surface area contributed by atoms with Crippen molar-refractivity contribution in [2.45, 2.75) is 19.5 Å². The van der Waals surface area contributed by atoms with Gasteiger partial charge < -0.3 is 5.32 Å². The number of carbonyl (C=O) groups is 2. The Balaban J connectivity index is 2.78. The maximum absolute atomic E-state index is 12.5. The fourth-order valence-corrected chi connectivity index (χ4v) is 1.55. The van der Waals surface area contributed by atoms with E-state index in [0.29, 0.717) is 24.8 Å². The molecule has 0 aromatic heterocycles. The first kappa shape index (κ1) is 15.9. The molecule has 0 unspecified atom stereocenters. The number of hydrogen-bond donors (Lipinski definition) is 1. The molecule has 3 nitrogen and oxygen atoms in total. The molecule has 0 spiro atoms. The van der Waals surface area contributed by atoms with E-state index in [0.717, 1.165) is 12.1 Å². The topological polar surface area (TPSA) is 46.2 Å². The fraction of sp³-hybridized carbons (Fsp3) is 0.286. The van der Waals surface area contributed by atoms with Crippen LogP contribution < -0.4 is 5.32 Å². The van der Waals surface area contributed by atoms with Crippen molar-refractivity contribution in [3.8, 4) is 0 Å². The number of amides is 1. The molecule has 0 fully saturated rings. The van der Waals surface area contributed by atoms with Crippen LogP contribution >= 0.6 is 0 Å². The summed E-state index contributed by atoms with van der Waals surface area (Å²) in [6.45, 7) is 1.83.